The minimum absolute atomic E-state index is 0.0412. The largest absolute Gasteiger partial charge is 0.369 e. The lowest BCUT2D eigenvalue weighted by molar-refractivity contribution is 0.0606. The number of rotatable bonds is 4. The third-order valence-corrected chi connectivity index (χ3v) is 3.52. The van der Waals surface area contributed by atoms with Gasteiger partial charge in [0, 0.05) is 30.5 Å². The summed E-state index contributed by atoms with van der Waals surface area (Å²) in [6.45, 7) is 0. The van der Waals surface area contributed by atoms with Crippen LogP contribution < -0.4 is 0 Å². The third kappa shape index (κ3) is 2.56. The maximum atomic E-state index is 12.8. The lowest BCUT2D eigenvalue weighted by atomic mass is 9.96. The molecule has 0 radical (unpaired) electrons. The number of ketones is 1. The second kappa shape index (κ2) is 5.85. The molecular formula is C18H15NO2. The molecule has 1 aromatic heterocycles. The fraction of sp³-hybridized carbons (Fsp3) is 0.111. The van der Waals surface area contributed by atoms with Crippen molar-refractivity contribution in [2.75, 3.05) is 7.11 Å². The van der Waals surface area contributed by atoms with E-state index in [-0.39, 0.29) is 5.78 Å². The summed E-state index contributed by atoms with van der Waals surface area (Å²) in [5.41, 5.74) is 1.52. The molecule has 1 unspecified atom stereocenters. The van der Waals surface area contributed by atoms with Gasteiger partial charge in [-0.05, 0) is 17.0 Å². The molecule has 1 atom stereocenters. The predicted molar refractivity (Wildman–Crippen MR) is 82.3 cm³/mol. The number of nitrogens with zero attached hydrogens (tertiary/aromatic N) is 1. The first-order valence-corrected chi connectivity index (χ1v) is 6.76. The SMILES string of the molecule is COC(C(=O)c1cccc2cnccc12)c1ccccc1. The van der Waals surface area contributed by atoms with Gasteiger partial charge >= 0.3 is 0 Å². The van der Waals surface area contributed by atoms with Gasteiger partial charge in [0.15, 0.2) is 5.78 Å². The molecule has 0 bridgehead atoms. The van der Waals surface area contributed by atoms with Crippen molar-refractivity contribution in [2.45, 2.75) is 6.10 Å². The zero-order chi connectivity index (χ0) is 14.7. The average molecular weight is 277 g/mol. The summed E-state index contributed by atoms with van der Waals surface area (Å²) >= 11 is 0. The molecule has 0 N–H and O–H groups in total. The maximum absolute atomic E-state index is 12.8. The van der Waals surface area contributed by atoms with Crippen molar-refractivity contribution in [2.24, 2.45) is 0 Å². The Morgan fingerprint density at radius 3 is 2.62 bits per heavy atom. The Balaban J connectivity index is 2.07. The fourth-order valence-corrected chi connectivity index (χ4v) is 2.50. The van der Waals surface area contributed by atoms with Crippen molar-refractivity contribution >= 4 is 16.6 Å². The van der Waals surface area contributed by atoms with E-state index in [0.29, 0.717) is 5.56 Å². The number of pyridine rings is 1. The summed E-state index contributed by atoms with van der Waals surface area (Å²) in [5.74, 6) is -0.0412. The summed E-state index contributed by atoms with van der Waals surface area (Å²) in [5, 5.41) is 1.85. The first kappa shape index (κ1) is 13.5. The van der Waals surface area contributed by atoms with E-state index in [1.54, 1.807) is 19.5 Å². The van der Waals surface area contributed by atoms with Crippen LogP contribution in [0.1, 0.15) is 22.0 Å². The molecule has 0 spiro atoms. The van der Waals surface area contributed by atoms with E-state index in [0.717, 1.165) is 16.3 Å². The van der Waals surface area contributed by atoms with Gasteiger partial charge in [0.05, 0.1) is 0 Å². The van der Waals surface area contributed by atoms with E-state index in [1.807, 2.05) is 54.6 Å². The Bertz CT molecular complexity index is 763. The molecule has 3 rings (SSSR count). The van der Waals surface area contributed by atoms with Crippen molar-refractivity contribution in [1.29, 1.82) is 0 Å². The number of Topliss-reactive ketones (excluding diaryl/α,β-unsaturated/α-hetero) is 1. The van der Waals surface area contributed by atoms with Crippen LogP contribution in [-0.4, -0.2) is 17.9 Å². The Hall–Kier alpha value is -2.52. The number of carbonyl (C=O) groups is 1. The van der Waals surface area contributed by atoms with Crippen molar-refractivity contribution < 1.29 is 9.53 Å². The van der Waals surface area contributed by atoms with Gasteiger partial charge in [-0.1, -0.05) is 48.5 Å². The molecule has 0 amide bonds. The smallest absolute Gasteiger partial charge is 0.196 e. The molecule has 0 saturated heterocycles. The number of benzene rings is 2. The van der Waals surface area contributed by atoms with E-state index in [1.165, 1.54) is 0 Å². The van der Waals surface area contributed by atoms with Gasteiger partial charge in [0.25, 0.3) is 0 Å². The molecule has 1 heterocycles. The van der Waals surface area contributed by atoms with Gasteiger partial charge in [0.2, 0.25) is 0 Å². The van der Waals surface area contributed by atoms with Crippen LogP contribution in [0.25, 0.3) is 10.8 Å². The number of aromatic nitrogens is 1. The maximum Gasteiger partial charge on any atom is 0.196 e. The number of hydrogen-bond acceptors (Lipinski definition) is 3. The molecule has 0 aliphatic carbocycles. The summed E-state index contributed by atoms with van der Waals surface area (Å²) in [7, 11) is 1.56. The fourth-order valence-electron chi connectivity index (χ4n) is 2.50. The number of methoxy groups -OCH3 is 1. The zero-order valence-corrected chi connectivity index (χ0v) is 11.7. The third-order valence-electron chi connectivity index (χ3n) is 3.52. The number of carbonyl (C=O) groups excluding carboxylic acids is 1. The molecule has 0 fully saturated rings. The number of hydrogen-bond donors (Lipinski definition) is 0. The van der Waals surface area contributed by atoms with E-state index >= 15 is 0 Å². The Labute approximate surface area is 123 Å². The van der Waals surface area contributed by atoms with Gasteiger partial charge in [-0.15, -0.1) is 0 Å². The minimum atomic E-state index is -0.593. The molecule has 3 aromatic rings. The standard InChI is InChI=1S/C18H15NO2/c1-21-18(13-6-3-2-4-7-13)17(20)16-9-5-8-14-12-19-11-10-15(14)16/h2-12,18H,1H3. The zero-order valence-electron chi connectivity index (χ0n) is 11.7. The molecule has 21 heavy (non-hydrogen) atoms. The van der Waals surface area contributed by atoms with Crippen LogP contribution in [-0.2, 0) is 4.74 Å². The van der Waals surface area contributed by atoms with Gasteiger partial charge in [-0.3, -0.25) is 9.78 Å². The lowest BCUT2D eigenvalue weighted by Crippen LogP contribution is -2.15. The van der Waals surface area contributed by atoms with E-state index in [9.17, 15) is 4.79 Å². The molecule has 0 aliphatic rings. The molecule has 3 heteroatoms. The number of ether oxygens (including phenoxy) is 1. The highest BCUT2D eigenvalue weighted by Crippen LogP contribution is 2.26. The molecule has 2 aromatic carbocycles. The Morgan fingerprint density at radius 1 is 1.05 bits per heavy atom. The molecule has 0 aliphatic heterocycles. The summed E-state index contributed by atoms with van der Waals surface area (Å²) in [6.07, 6.45) is 2.87. The normalized spacial score (nSPS) is 12.2. The minimum Gasteiger partial charge on any atom is -0.369 e. The van der Waals surface area contributed by atoms with Gasteiger partial charge < -0.3 is 4.74 Å². The van der Waals surface area contributed by atoms with Crippen LogP contribution in [0.15, 0.2) is 67.0 Å². The van der Waals surface area contributed by atoms with Crippen LogP contribution in [0.4, 0.5) is 0 Å². The van der Waals surface area contributed by atoms with E-state index in [4.69, 9.17) is 4.74 Å². The molecule has 104 valence electrons. The Kier molecular flexibility index (Phi) is 3.75. The van der Waals surface area contributed by atoms with Gasteiger partial charge in [0.1, 0.15) is 6.10 Å². The van der Waals surface area contributed by atoms with Crippen LogP contribution in [0.3, 0.4) is 0 Å². The summed E-state index contributed by atoms with van der Waals surface area (Å²) in [4.78, 5) is 16.9. The Morgan fingerprint density at radius 2 is 1.86 bits per heavy atom. The van der Waals surface area contributed by atoms with Crippen molar-refractivity contribution in [3.05, 3.63) is 78.1 Å². The first-order chi connectivity index (χ1) is 10.3. The van der Waals surface area contributed by atoms with E-state index < -0.39 is 6.10 Å². The van der Waals surface area contributed by atoms with Gasteiger partial charge in [-0.2, -0.15) is 0 Å². The first-order valence-electron chi connectivity index (χ1n) is 6.76. The lowest BCUT2D eigenvalue weighted by Gasteiger charge is -2.15. The van der Waals surface area contributed by atoms with E-state index in [2.05, 4.69) is 4.98 Å². The highest BCUT2D eigenvalue weighted by molar-refractivity contribution is 6.10. The highest BCUT2D eigenvalue weighted by Gasteiger charge is 2.22. The summed E-state index contributed by atoms with van der Waals surface area (Å²) in [6, 6.07) is 17.0. The molecule has 0 saturated carbocycles. The molecule has 3 nitrogen and oxygen atoms in total. The average Bonchev–Trinajstić information content (AvgIpc) is 2.56. The topological polar surface area (TPSA) is 39.2 Å². The van der Waals surface area contributed by atoms with Crippen LogP contribution in [0.2, 0.25) is 0 Å². The number of fused-ring (bicyclic) bond motifs is 1. The van der Waals surface area contributed by atoms with Crippen LogP contribution in [0, 0.1) is 0 Å². The second-order valence-electron chi connectivity index (χ2n) is 4.79. The van der Waals surface area contributed by atoms with Crippen molar-refractivity contribution in [1.82, 2.24) is 4.98 Å². The van der Waals surface area contributed by atoms with Crippen LogP contribution >= 0.6 is 0 Å². The highest BCUT2D eigenvalue weighted by atomic mass is 16.5. The van der Waals surface area contributed by atoms with Crippen LogP contribution in [0.5, 0.6) is 0 Å². The van der Waals surface area contributed by atoms with Crippen molar-refractivity contribution in [3.8, 4) is 0 Å². The van der Waals surface area contributed by atoms with Crippen molar-refractivity contribution in [3.63, 3.8) is 0 Å². The summed E-state index contributed by atoms with van der Waals surface area (Å²) < 4.78 is 5.44. The molecular weight excluding hydrogens is 262 g/mol. The second-order valence-corrected chi connectivity index (χ2v) is 4.79. The monoisotopic (exact) mass is 277 g/mol. The predicted octanol–water partition coefficient (Wildman–Crippen LogP) is 3.81. The van der Waals surface area contributed by atoms with Gasteiger partial charge in [-0.25, -0.2) is 0 Å². The quantitative estimate of drug-likeness (QED) is 0.681.